The Bertz CT molecular complexity index is 440. The normalized spacial score (nSPS) is 10.5. The number of pyridine rings is 1. The highest BCUT2D eigenvalue weighted by atomic mass is 19.1. The first kappa shape index (κ1) is 7.98. The fraction of sp³-hybridized carbons (Fsp3) is 0.100. The van der Waals surface area contributed by atoms with Gasteiger partial charge in [0.1, 0.15) is 6.67 Å². The smallest absolute Gasteiger partial charge is 0.132 e. The van der Waals surface area contributed by atoms with Crippen LogP contribution in [-0.2, 0) is 6.67 Å². The van der Waals surface area contributed by atoms with Gasteiger partial charge in [0.05, 0.1) is 5.69 Å². The number of nitrogen functional groups attached to an aromatic ring is 1. The summed E-state index contributed by atoms with van der Waals surface area (Å²) in [5.41, 5.74) is 6.84. The molecule has 0 amide bonds. The minimum atomic E-state index is -0.555. The summed E-state index contributed by atoms with van der Waals surface area (Å²) >= 11 is 0. The highest BCUT2D eigenvalue weighted by molar-refractivity contribution is 5.93. The molecule has 0 aliphatic rings. The maximum atomic E-state index is 12.5. The van der Waals surface area contributed by atoms with Gasteiger partial charge >= 0.3 is 0 Å². The van der Waals surface area contributed by atoms with E-state index in [0.717, 1.165) is 10.8 Å². The van der Waals surface area contributed by atoms with Crippen LogP contribution >= 0.6 is 0 Å². The number of rotatable bonds is 1. The molecule has 1 aromatic carbocycles. The largest absolute Gasteiger partial charge is 0.398 e. The van der Waals surface area contributed by atoms with E-state index in [9.17, 15) is 4.39 Å². The molecular weight excluding hydrogens is 167 g/mol. The van der Waals surface area contributed by atoms with E-state index in [1.54, 1.807) is 24.4 Å². The second-order valence-electron chi connectivity index (χ2n) is 2.83. The van der Waals surface area contributed by atoms with Crippen LogP contribution in [0.5, 0.6) is 0 Å². The Morgan fingerprint density at radius 3 is 2.85 bits per heavy atom. The second-order valence-corrected chi connectivity index (χ2v) is 2.83. The maximum Gasteiger partial charge on any atom is 0.132 e. The van der Waals surface area contributed by atoms with Crippen LogP contribution in [0.4, 0.5) is 10.1 Å². The number of fused-ring (bicyclic) bond motifs is 1. The van der Waals surface area contributed by atoms with Crippen molar-refractivity contribution in [3.05, 3.63) is 36.2 Å². The molecule has 0 unspecified atom stereocenters. The molecule has 0 saturated carbocycles. The molecule has 2 nitrogen and oxygen atoms in total. The van der Waals surface area contributed by atoms with Gasteiger partial charge in [0.25, 0.3) is 0 Å². The Labute approximate surface area is 75.2 Å². The number of nitrogens with two attached hydrogens (primary N) is 1. The van der Waals surface area contributed by atoms with Gasteiger partial charge in [-0.3, -0.25) is 4.98 Å². The van der Waals surface area contributed by atoms with E-state index in [1.165, 1.54) is 0 Å². The monoisotopic (exact) mass is 176 g/mol. The van der Waals surface area contributed by atoms with Crippen molar-refractivity contribution in [1.82, 2.24) is 4.98 Å². The van der Waals surface area contributed by atoms with Crippen molar-refractivity contribution in [2.24, 2.45) is 0 Å². The summed E-state index contributed by atoms with van der Waals surface area (Å²) in [6.45, 7) is -0.555. The highest BCUT2D eigenvalue weighted by Gasteiger charge is 2.02. The summed E-state index contributed by atoms with van der Waals surface area (Å²) in [7, 11) is 0. The minimum absolute atomic E-state index is 0.449. The molecule has 1 aromatic heterocycles. The molecule has 1 heterocycles. The number of hydrogen-bond acceptors (Lipinski definition) is 2. The SMILES string of the molecule is Nc1cccc2c(CF)nccc12. The van der Waals surface area contributed by atoms with Crippen LogP contribution in [-0.4, -0.2) is 4.98 Å². The number of nitrogens with zero attached hydrogens (tertiary/aromatic N) is 1. The zero-order valence-electron chi connectivity index (χ0n) is 7.00. The standard InChI is InChI=1S/C10H9FN2/c11-6-10-8-2-1-3-9(12)7(8)4-5-13-10/h1-5H,6,12H2. The van der Waals surface area contributed by atoms with E-state index >= 15 is 0 Å². The van der Waals surface area contributed by atoms with Crippen molar-refractivity contribution in [1.29, 1.82) is 0 Å². The maximum absolute atomic E-state index is 12.5. The van der Waals surface area contributed by atoms with E-state index in [4.69, 9.17) is 5.73 Å². The van der Waals surface area contributed by atoms with E-state index in [-0.39, 0.29) is 0 Å². The first-order valence-corrected chi connectivity index (χ1v) is 4.01. The highest BCUT2D eigenvalue weighted by Crippen LogP contribution is 2.22. The van der Waals surface area contributed by atoms with Crippen molar-refractivity contribution in [2.75, 3.05) is 5.73 Å². The zero-order valence-corrected chi connectivity index (χ0v) is 7.00. The fourth-order valence-electron chi connectivity index (χ4n) is 1.40. The molecule has 13 heavy (non-hydrogen) atoms. The number of benzene rings is 1. The first-order chi connectivity index (χ1) is 6.33. The van der Waals surface area contributed by atoms with Gasteiger partial charge in [0.15, 0.2) is 0 Å². The van der Waals surface area contributed by atoms with Gasteiger partial charge in [-0.2, -0.15) is 0 Å². The van der Waals surface area contributed by atoms with Crippen LogP contribution in [0.2, 0.25) is 0 Å². The van der Waals surface area contributed by atoms with Crippen molar-refractivity contribution in [3.63, 3.8) is 0 Å². The Hall–Kier alpha value is -1.64. The molecule has 3 heteroatoms. The number of aromatic nitrogens is 1. The van der Waals surface area contributed by atoms with Crippen LogP contribution < -0.4 is 5.73 Å². The van der Waals surface area contributed by atoms with Gasteiger partial charge in [0.2, 0.25) is 0 Å². The Balaban J connectivity index is 2.84. The predicted molar refractivity (Wildman–Crippen MR) is 51.0 cm³/mol. The molecule has 0 atom stereocenters. The molecule has 0 fully saturated rings. The minimum Gasteiger partial charge on any atom is -0.398 e. The molecule has 2 rings (SSSR count). The van der Waals surface area contributed by atoms with Crippen molar-refractivity contribution >= 4 is 16.5 Å². The van der Waals surface area contributed by atoms with Gasteiger partial charge in [-0.1, -0.05) is 12.1 Å². The van der Waals surface area contributed by atoms with Crippen molar-refractivity contribution in [2.45, 2.75) is 6.67 Å². The Morgan fingerprint density at radius 1 is 1.23 bits per heavy atom. The second kappa shape index (κ2) is 3.01. The third-order valence-electron chi connectivity index (χ3n) is 2.05. The third-order valence-corrected chi connectivity index (χ3v) is 2.05. The summed E-state index contributed by atoms with van der Waals surface area (Å²) in [5.74, 6) is 0. The molecule has 2 aromatic rings. The van der Waals surface area contributed by atoms with Gasteiger partial charge in [-0.15, -0.1) is 0 Å². The predicted octanol–water partition coefficient (Wildman–Crippen LogP) is 2.29. The summed E-state index contributed by atoms with van der Waals surface area (Å²) in [5, 5.41) is 1.66. The van der Waals surface area contributed by atoms with Crippen LogP contribution in [0.3, 0.4) is 0 Å². The van der Waals surface area contributed by atoms with E-state index in [1.807, 2.05) is 6.07 Å². The zero-order chi connectivity index (χ0) is 9.26. The number of anilines is 1. The number of alkyl halides is 1. The van der Waals surface area contributed by atoms with Gasteiger partial charge < -0.3 is 5.73 Å². The van der Waals surface area contributed by atoms with Gasteiger partial charge in [-0.05, 0) is 12.1 Å². The molecule has 0 saturated heterocycles. The van der Waals surface area contributed by atoms with E-state index in [2.05, 4.69) is 4.98 Å². The fourth-order valence-corrected chi connectivity index (χ4v) is 1.40. The van der Waals surface area contributed by atoms with Crippen molar-refractivity contribution in [3.8, 4) is 0 Å². The summed E-state index contributed by atoms with van der Waals surface area (Å²) in [6.07, 6.45) is 1.58. The summed E-state index contributed by atoms with van der Waals surface area (Å²) in [6, 6.07) is 7.22. The third kappa shape index (κ3) is 1.22. The topological polar surface area (TPSA) is 38.9 Å². The summed E-state index contributed by atoms with van der Waals surface area (Å²) < 4.78 is 12.5. The van der Waals surface area contributed by atoms with Crippen LogP contribution in [0.25, 0.3) is 10.8 Å². The van der Waals surface area contributed by atoms with Crippen molar-refractivity contribution < 1.29 is 4.39 Å². The molecule has 66 valence electrons. The van der Waals surface area contributed by atoms with Gasteiger partial charge in [0, 0.05) is 22.7 Å². The molecular formula is C10H9FN2. The van der Waals surface area contributed by atoms with Gasteiger partial charge in [-0.25, -0.2) is 4.39 Å². The molecule has 0 spiro atoms. The lowest BCUT2D eigenvalue weighted by atomic mass is 10.1. The Kier molecular flexibility index (Phi) is 1.85. The first-order valence-electron chi connectivity index (χ1n) is 4.01. The molecule has 0 bridgehead atoms. The average molecular weight is 176 g/mol. The molecule has 0 aliphatic heterocycles. The average Bonchev–Trinajstić information content (AvgIpc) is 2.18. The number of halogens is 1. The number of hydrogen-bond donors (Lipinski definition) is 1. The lowest BCUT2D eigenvalue weighted by Crippen LogP contribution is -1.91. The summed E-state index contributed by atoms with van der Waals surface area (Å²) in [4.78, 5) is 3.94. The lowest BCUT2D eigenvalue weighted by Gasteiger charge is -2.03. The molecule has 0 aliphatic carbocycles. The Morgan fingerprint density at radius 2 is 2.08 bits per heavy atom. The van der Waals surface area contributed by atoms with Crippen LogP contribution in [0.1, 0.15) is 5.69 Å². The molecule has 0 radical (unpaired) electrons. The van der Waals surface area contributed by atoms with Crippen LogP contribution in [0.15, 0.2) is 30.5 Å². The lowest BCUT2D eigenvalue weighted by molar-refractivity contribution is 0.479. The van der Waals surface area contributed by atoms with Crippen LogP contribution in [0, 0.1) is 0 Å². The van der Waals surface area contributed by atoms with E-state index in [0.29, 0.717) is 11.4 Å². The molecule has 2 N–H and O–H groups in total. The van der Waals surface area contributed by atoms with E-state index < -0.39 is 6.67 Å². The quantitative estimate of drug-likeness (QED) is 0.677.